The highest BCUT2D eigenvalue weighted by Crippen LogP contribution is 2.21. The number of carbonyl (C=O) groups is 1. The van der Waals surface area contributed by atoms with Gasteiger partial charge in [0, 0.05) is 19.7 Å². The van der Waals surface area contributed by atoms with Crippen molar-refractivity contribution in [1.82, 2.24) is 5.32 Å². The molecule has 0 radical (unpaired) electrons. The standard InChI is InChI=1S/C14H19NO3/c1-18-13-7-3-6-12(13)15-9-10-4-2-5-11(8-10)14(16)17/h2,4-5,8,12-13,15H,3,6-7,9H2,1H3,(H,16,17). The van der Waals surface area contributed by atoms with E-state index in [0.717, 1.165) is 18.4 Å². The predicted octanol–water partition coefficient (Wildman–Crippen LogP) is 2.04. The van der Waals surface area contributed by atoms with Gasteiger partial charge in [-0.1, -0.05) is 12.1 Å². The molecule has 1 saturated carbocycles. The van der Waals surface area contributed by atoms with Gasteiger partial charge in [0.15, 0.2) is 0 Å². The van der Waals surface area contributed by atoms with Crippen LogP contribution in [0.1, 0.15) is 35.2 Å². The second-order valence-corrected chi connectivity index (χ2v) is 4.70. The first-order chi connectivity index (χ1) is 8.70. The van der Waals surface area contributed by atoms with Gasteiger partial charge in [-0.05, 0) is 37.0 Å². The monoisotopic (exact) mass is 249 g/mol. The highest BCUT2D eigenvalue weighted by molar-refractivity contribution is 5.87. The molecule has 1 aromatic carbocycles. The van der Waals surface area contributed by atoms with Crippen LogP contribution in [0, 0.1) is 0 Å². The van der Waals surface area contributed by atoms with Crippen LogP contribution in [0.15, 0.2) is 24.3 Å². The quantitative estimate of drug-likeness (QED) is 0.838. The molecule has 2 atom stereocenters. The second kappa shape index (κ2) is 5.98. The minimum atomic E-state index is -0.882. The Kier molecular flexibility index (Phi) is 4.33. The van der Waals surface area contributed by atoms with Crippen LogP contribution in [-0.2, 0) is 11.3 Å². The normalized spacial score (nSPS) is 23.2. The average Bonchev–Trinajstić information content (AvgIpc) is 2.84. The summed E-state index contributed by atoms with van der Waals surface area (Å²) in [7, 11) is 1.75. The number of nitrogens with one attached hydrogen (secondary N) is 1. The van der Waals surface area contributed by atoms with E-state index in [1.165, 1.54) is 6.42 Å². The number of ether oxygens (including phenoxy) is 1. The summed E-state index contributed by atoms with van der Waals surface area (Å²) >= 11 is 0. The number of carboxylic acid groups (broad SMARTS) is 1. The van der Waals surface area contributed by atoms with Gasteiger partial charge in [0.2, 0.25) is 0 Å². The molecule has 2 unspecified atom stereocenters. The SMILES string of the molecule is COC1CCCC1NCc1cccc(C(=O)O)c1. The van der Waals surface area contributed by atoms with Crippen LogP contribution in [0.25, 0.3) is 0 Å². The molecular weight excluding hydrogens is 230 g/mol. The van der Waals surface area contributed by atoms with Gasteiger partial charge in [0.25, 0.3) is 0 Å². The van der Waals surface area contributed by atoms with Crippen molar-refractivity contribution in [2.45, 2.75) is 38.0 Å². The molecule has 2 N–H and O–H groups in total. The van der Waals surface area contributed by atoms with E-state index in [2.05, 4.69) is 5.32 Å². The molecule has 1 aromatic rings. The van der Waals surface area contributed by atoms with Crippen molar-refractivity contribution in [3.05, 3.63) is 35.4 Å². The Hall–Kier alpha value is -1.39. The minimum absolute atomic E-state index is 0.285. The Balaban J connectivity index is 1.93. The van der Waals surface area contributed by atoms with Gasteiger partial charge in [0.05, 0.1) is 11.7 Å². The highest BCUT2D eigenvalue weighted by Gasteiger charge is 2.26. The van der Waals surface area contributed by atoms with Crippen LogP contribution in [-0.4, -0.2) is 30.3 Å². The van der Waals surface area contributed by atoms with Crippen LogP contribution in [0.2, 0.25) is 0 Å². The van der Waals surface area contributed by atoms with E-state index in [-0.39, 0.29) is 6.10 Å². The zero-order valence-corrected chi connectivity index (χ0v) is 10.6. The van der Waals surface area contributed by atoms with Crippen molar-refractivity contribution in [2.24, 2.45) is 0 Å². The summed E-state index contributed by atoms with van der Waals surface area (Å²) in [5.74, 6) is -0.882. The number of rotatable bonds is 5. The van der Waals surface area contributed by atoms with E-state index in [1.54, 1.807) is 25.3 Å². The first-order valence-electron chi connectivity index (χ1n) is 6.29. The molecule has 2 rings (SSSR count). The fraction of sp³-hybridized carbons (Fsp3) is 0.500. The fourth-order valence-corrected chi connectivity index (χ4v) is 2.50. The molecule has 1 aliphatic carbocycles. The lowest BCUT2D eigenvalue weighted by Gasteiger charge is -2.19. The fourth-order valence-electron chi connectivity index (χ4n) is 2.50. The molecule has 1 aliphatic rings. The predicted molar refractivity (Wildman–Crippen MR) is 68.7 cm³/mol. The number of hydrogen-bond donors (Lipinski definition) is 2. The third kappa shape index (κ3) is 3.09. The van der Waals surface area contributed by atoms with E-state index in [4.69, 9.17) is 9.84 Å². The Morgan fingerprint density at radius 1 is 1.50 bits per heavy atom. The lowest BCUT2D eigenvalue weighted by atomic mass is 10.1. The summed E-state index contributed by atoms with van der Waals surface area (Å²) in [5, 5.41) is 12.4. The Morgan fingerprint density at radius 2 is 2.33 bits per heavy atom. The number of methoxy groups -OCH3 is 1. The molecule has 0 amide bonds. The number of hydrogen-bond acceptors (Lipinski definition) is 3. The first-order valence-corrected chi connectivity index (χ1v) is 6.29. The van der Waals surface area contributed by atoms with Crippen molar-refractivity contribution in [3.63, 3.8) is 0 Å². The van der Waals surface area contributed by atoms with Crippen molar-refractivity contribution in [2.75, 3.05) is 7.11 Å². The van der Waals surface area contributed by atoms with Crippen molar-refractivity contribution < 1.29 is 14.6 Å². The number of aromatic carboxylic acids is 1. The molecule has 0 bridgehead atoms. The molecule has 0 saturated heterocycles. The molecule has 0 heterocycles. The van der Waals surface area contributed by atoms with Crippen LogP contribution < -0.4 is 5.32 Å². The van der Waals surface area contributed by atoms with Gasteiger partial charge in [-0.15, -0.1) is 0 Å². The van der Waals surface area contributed by atoms with Crippen LogP contribution in [0.4, 0.5) is 0 Å². The maximum absolute atomic E-state index is 10.9. The van der Waals surface area contributed by atoms with Gasteiger partial charge in [-0.25, -0.2) is 4.79 Å². The van der Waals surface area contributed by atoms with E-state index < -0.39 is 5.97 Å². The summed E-state index contributed by atoms with van der Waals surface area (Å²) in [4.78, 5) is 10.9. The summed E-state index contributed by atoms with van der Waals surface area (Å²) in [6, 6.07) is 7.42. The summed E-state index contributed by atoms with van der Waals surface area (Å²) in [6.45, 7) is 0.686. The first kappa shape index (κ1) is 13.1. The van der Waals surface area contributed by atoms with Gasteiger partial charge < -0.3 is 15.2 Å². The largest absolute Gasteiger partial charge is 0.478 e. The van der Waals surface area contributed by atoms with Gasteiger partial charge >= 0.3 is 5.97 Å². The lowest BCUT2D eigenvalue weighted by Crippen LogP contribution is -2.36. The zero-order chi connectivity index (χ0) is 13.0. The van der Waals surface area contributed by atoms with Crippen LogP contribution in [0.3, 0.4) is 0 Å². The zero-order valence-electron chi connectivity index (χ0n) is 10.6. The Labute approximate surface area is 107 Å². The molecule has 98 valence electrons. The van der Waals surface area contributed by atoms with E-state index in [1.807, 2.05) is 6.07 Å². The van der Waals surface area contributed by atoms with Crippen molar-refractivity contribution in [3.8, 4) is 0 Å². The lowest BCUT2D eigenvalue weighted by molar-refractivity contribution is 0.0696. The van der Waals surface area contributed by atoms with E-state index in [0.29, 0.717) is 18.2 Å². The summed E-state index contributed by atoms with van der Waals surface area (Å²) in [6.07, 6.45) is 3.69. The second-order valence-electron chi connectivity index (χ2n) is 4.70. The van der Waals surface area contributed by atoms with Crippen molar-refractivity contribution >= 4 is 5.97 Å². The third-order valence-electron chi connectivity index (χ3n) is 3.50. The Bertz CT molecular complexity index is 419. The van der Waals surface area contributed by atoms with E-state index >= 15 is 0 Å². The molecule has 4 heteroatoms. The summed E-state index contributed by atoms with van der Waals surface area (Å²) in [5.41, 5.74) is 1.33. The van der Waals surface area contributed by atoms with Crippen molar-refractivity contribution in [1.29, 1.82) is 0 Å². The summed E-state index contributed by atoms with van der Waals surface area (Å²) < 4.78 is 5.42. The maximum Gasteiger partial charge on any atom is 0.335 e. The molecular formula is C14H19NO3. The van der Waals surface area contributed by atoms with Crippen LogP contribution >= 0.6 is 0 Å². The smallest absolute Gasteiger partial charge is 0.335 e. The Morgan fingerprint density at radius 3 is 3.06 bits per heavy atom. The number of carboxylic acids is 1. The number of benzene rings is 1. The molecule has 4 nitrogen and oxygen atoms in total. The third-order valence-corrected chi connectivity index (χ3v) is 3.50. The van der Waals surface area contributed by atoms with Gasteiger partial charge in [-0.2, -0.15) is 0 Å². The molecule has 18 heavy (non-hydrogen) atoms. The maximum atomic E-state index is 10.9. The van der Waals surface area contributed by atoms with Gasteiger partial charge in [0.1, 0.15) is 0 Å². The van der Waals surface area contributed by atoms with Gasteiger partial charge in [-0.3, -0.25) is 0 Å². The topological polar surface area (TPSA) is 58.6 Å². The molecule has 0 aromatic heterocycles. The highest BCUT2D eigenvalue weighted by atomic mass is 16.5. The van der Waals surface area contributed by atoms with Crippen LogP contribution in [0.5, 0.6) is 0 Å². The molecule has 0 spiro atoms. The minimum Gasteiger partial charge on any atom is -0.478 e. The van der Waals surface area contributed by atoms with E-state index in [9.17, 15) is 4.79 Å². The molecule has 1 fully saturated rings. The molecule has 0 aliphatic heterocycles. The average molecular weight is 249 g/mol.